The van der Waals surface area contributed by atoms with Gasteiger partial charge >= 0.3 is 6.03 Å². The van der Waals surface area contributed by atoms with E-state index in [4.69, 9.17) is 9.78 Å². The monoisotopic (exact) mass is 311 g/mol. The molecule has 0 bridgehead atoms. The molecule has 7 heteroatoms. The van der Waals surface area contributed by atoms with E-state index in [-0.39, 0.29) is 6.03 Å². The second-order valence-corrected chi connectivity index (χ2v) is 5.39. The quantitative estimate of drug-likeness (QED) is 0.919. The summed E-state index contributed by atoms with van der Waals surface area (Å²) >= 11 is 0. The van der Waals surface area contributed by atoms with Crippen molar-refractivity contribution in [2.45, 2.75) is 6.92 Å². The third kappa shape index (κ3) is 3.43. The van der Waals surface area contributed by atoms with Crippen LogP contribution < -0.4 is 10.2 Å². The van der Waals surface area contributed by atoms with E-state index < -0.39 is 0 Å². The summed E-state index contributed by atoms with van der Waals surface area (Å²) in [6, 6.07) is 10.6. The molecular formula is C16H17N5O2. The van der Waals surface area contributed by atoms with E-state index in [0.29, 0.717) is 37.4 Å². The van der Waals surface area contributed by atoms with E-state index in [9.17, 15) is 4.79 Å². The molecule has 0 spiro atoms. The predicted octanol–water partition coefficient (Wildman–Crippen LogP) is 2.21. The van der Waals surface area contributed by atoms with E-state index in [1.807, 2.05) is 13.0 Å². The van der Waals surface area contributed by atoms with Gasteiger partial charge in [-0.2, -0.15) is 5.26 Å². The summed E-state index contributed by atoms with van der Waals surface area (Å²) in [4.78, 5) is 16.1. The molecule has 2 aromatic rings. The second-order valence-electron chi connectivity index (χ2n) is 5.39. The number of amides is 2. The molecule has 23 heavy (non-hydrogen) atoms. The van der Waals surface area contributed by atoms with Crippen LogP contribution in [-0.2, 0) is 0 Å². The van der Waals surface area contributed by atoms with Gasteiger partial charge in [0.2, 0.25) is 0 Å². The highest BCUT2D eigenvalue weighted by atomic mass is 16.5. The Kier molecular flexibility index (Phi) is 4.15. The lowest BCUT2D eigenvalue weighted by molar-refractivity contribution is 0.208. The zero-order valence-corrected chi connectivity index (χ0v) is 12.8. The number of nitriles is 1. The Morgan fingerprint density at radius 1 is 1.26 bits per heavy atom. The molecule has 1 aliphatic heterocycles. The number of piperazine rings is 1. The largest absolute Gasteiger partial charge is 0.360 e. The van der Waals surface area contributed by atoms with Crippen molar-refractivity contribution in [1.82, 2.24) is 10.1 Å². The summed E-state index contributed by atoms with van der Waals surface area (Å²) in [5.41, 5.74) is 1.25. The van der Waals surface area contributed by atoms with Gasteiger partial charge in [0, 0.05) is 37.9 Å². The van der Waals surface area contributed by atoms with Crippen molar-refractivity contribution in [3.05, 3.63) is 41.7 Å². The molecule has 3 rings (SSSR count). The summed E-state index contributed by atoms with van der Waals surface area (Å²) in [5, 5.41) is 15.6. The molecular weight excluding hydrogens is 294 g/mol. The number of hydrogen-bond acceptors (Lipinski definition) is 5. The van der Waals surface area contributed by atoms with Crippen LogP contribution in [0.5, 0.6) is 0 Å². The van der Waals surface area contributed by atoms with Crippen LogP contribution in [0.2, 0.25) is 0 Å². The number of nitrogens with one attached hydrogen (secondary N) is 1. The Bertz CT molecular complexity index is 724. The van der Waals surface area contributed by atoms with Gasteiger partial charge in [0.05, 0.1) is 11.6 Å². The third-order valence-electron chi connectivity index (χ3n) is 3.77. The van der Waals surface area contributed by atoms with E-state index in [2.05, 4.69) is 21.4 Å². The SMILES string of the molecule is Cc1cc(N2CCN(C(=O)Nc3ccc(C#N)cc3)CC2)no1. The molecule has 1 aromatic heterocycles. The molecule has 1 aromatic carbocycles. The maximum Gasteiger partial charge on any atom is 0.321 e. The minimum Gasteiger partial charge on any atom is -0.360 e. The van der Waals surface area contributed by atoms with Crippen molar-refractivity contribution in [3.8, 4) is 6.07 Å². The van der Waals surface area contributed by atoms with Gasteiger partial charge in [-0.3, -0.25) is 0 Å². The van der Waals surface area contributed by atoms with Crippen LogP contribution in [0.1, 0.15) is 11.3 Å². The zero-order chi connectivity index (χ0) is 16.2. The van der Waals surface area contributed by atoms with Crippen molar-refractivity contribution in [3.63, 3.8) is 0 Å². The van der Waals surface area contributed by atoms with Gasteiger partial charge in [-0.1, -0.05) is 5.16 Å². The number of hydrogen-bond donors (Lipinski definition) is 1. The first-order valence-electron chi connectivity index (χ1n) is 7.40. The van der Waals surface area contributed by atoms with Crippen LogP contribution in [0, 0.1) is 18.3 Å². The molecule has 0 radical (unpaired) electrons. The third-order valence-corrected chi connectivity index (χ3v) is 3.77. The predicted molar refractivity (Wildman–Crippen MR) is 85.2 cm³/mol. The Labute approximate surface area is 134 Å². The summed E-state index contributed by atoms with van der Waals surface area (Å²) < 4.78 is 5.08. The summed E-state index contributed by atoms with van der Waals surface area (Å²) in [6.07, 6.45) is 0. The first kappa shape index (κ1) is 14.9. The number of anilines is 2. The van der Waals surface area contributed by atoms with Gasteiger partial charge in [-0.25, -0.2) is 4.79 Å². The number of rotatable bonds is 2. The standard InChI is InChI=1S/C16H17N5O2/c1-12-10-15(19-23-12)20-6-8-21(9-7-20)16(22)18-14-4-2-13(11-17)3-5-14/h2-5,10H,6-9H2,1H3,(H,18,22). The fourth-order valence-electron chi connectivity index (χ4n) is 2.47. The van der Waals surface area contributed by atoms with Crippen LogP contribution in [0.3, 0.4) is 0 Å². The van der Waals surface area contributed by atoms with Crippen molar-refractivity contribution >= 4 is 17.5 Å². The number of aromatic nitrogens is 1. The van der Waals surface area contributed by atoms with Crippen LogP contribution in [-0.4, -0.2) is 42.3 Å². The number of benzene rings is 1. The maximum absolute atomic E-state index is 12.3. The smallest absolute Gasteiger partial charge is 0.321 e. The number of urea groups is 1. The van der Waals surface area contributed by atoms with Crippen LogP contribution in [0.25, 0.3) is 0 Å². The Balaban J connectivity index is 1.54. The van der Waals surface area contributed by atoms with Crippen molar-refractivity contribution in [1.29, 1.82) is 5.26 Å². The van der Waals surface area contributed by atoms with Gasteiger partial charge in [0.15, 0.2) is 5.82 Å². The van der Waals surface area contributed by atoms with E-state index in [0.717, 1.165) is 11.6 Å². The summed E-state index contributed by atoms with van der Waals surface area (Å²) in [7, 11) is 0. The lowest BCUT2D eigenvalue weighted by Gasteiger charge is -2.34. The van der Waals surface area contributed by atoms with E-state index in [1.165, 1.54) is 0 Å². The van der Waals surface area contributed by atoms with Gasteiger partial charge in [0.1, 0.15) is 5.76 Å². The highest BCUT2D eigenvalue weighted by Gasteiger charge is 2.22. The minimum atomic E-state index is -0.134. The fraction of sp³-hybridized carbons (Fsp3) is 0.312. The first-order valence-corrected chi connectivity index (χ1v) is 7.40. The highest BCUT2D eigenvalue weighted by Crippen LogP contribution is 2.17. The number of carbonyl (C=O) groups is 1. The zero-order valence-electron chi connectivity index (χ0n) is 12.8. The summed E-state index contributed by atoms with van der Waals surface area (Å²) in [5.74, 6) is 1.59. The molecule has 7 nitrogen and oxygen atoms in total. The Morgan fingerprint density at radius 2 is 1.96 bits per heavy atom. The molecule has 2 heterocycles. The molecule has 118 valence electrons. The van der Waals surface area contributed by atoms with Gasteiger partial charge in [0.25, 0.3) is 0 Å². The van der Waals surface area contributed by atoms with Gasteiger partial charge < -0.3 is 19.6 Å². The highest BCUT2D eigenvalue weighted by molar-refractivity contribution is 5.89. The molecule has 1 N–H and O–H groups in total. The minimum absolute atomic E-state index is 0.134. The van der Waals surface area contributed by atoms with Crippen molar-refractivity contribution < 1.29 is 9.32 Å². The molecule has 0 aliphatic carbocycles. The lowest BCUT2D eigenvalue weighted by Crippen LogP contribution is -2.50. The van der Waals surface area contributed by atoms with Gasteiger partial charge in [-0.05, 0) is 31.2 Å². The first-order chi connectivity index (χ1) is 11.2. The van der Waals surface area contributed by atoms with Crippen LogP contribution >= 0.6 is 0 Å². The van der Waals surface area contributed by atoms with Gasteiger partial charge in [-0.15, -0.1) is 0 Å². The van der Waals surface area contributed by atoms with E-state index >= 15 is 0 Å². The number of carbonyl (C=O) groups excluding carboxylic acids is 1. The number of aryl methyl sites for hydroxylation is 1. The van der Waals surface area contributed by atoms with Crippen LogP contribution in [0.4, 0.5) is 16.3 Å². The molecule has 2 amide bonds. The van der Waals surface area contributed by atoms with Crippen molar-refractivity contribution in [2.24, 2.45) is 0 Å². The van der Waals surface area contributed by atoms with Crippen molar-refractivity contribution in [2.75, 3.05) is 36.4 Å². The lowest BCUT2D eigenvalue weighted by atomic mass is 10.2. The molecule has 0 saturated carbocycles. The molecule has 0 unspecified atom stereocenters. The number of nitrogens with zero attached hydrogens (tertiary/aromatic N) is 4. The second kappa shape index (κ2) is 6.40. The molecule has 1 fully saturated rings. The molecule has 1 saturated heterocycles. The Morgan fingerprint density at radius 3 is 2.52 bits per heavy atom. The topological polar surface area (TPSA) is 85.4 Å². The molecule has 0 atom stereocenters. The Hall–Kier alpha value is -3.01. The van der Waals surface area contributed by atoms with Crippen LogP contribution in [0.15, 0.2) is 34.9 Å². The molecule has 1 aliphatic rings. The average Bonchev–Trinajstić information content (AvgIpc) is 3.02. The maximum atomic E-state index is 12.3. The van der Waals surface area contributed by atoms with E-state index in [1.54, 1.807) is 29.2 Å². The summed E-state index contributed by atoms with van der Waals surface area (Å²) in [6.45, 7) is 4.53. The fourth-order valence-corrected chi connectivity index (χ4v) is 2.47. The normalized spacial score (nSPS) is 14.4. The average molecular weight is 311 g/mol.